The van der Waals surface area contributed by atoms with Crippen molar-refractivity contribution in [1.29, 1.82) is 0 Å². The molecule has 6 N–H and O–H groups in total. The monoisotopic (exact) mass is 409 g/mol. The second-order valence-electron chi connectivity index (χ2n) is 6.73. The number of nitrogens with two attached hydrogens (primary N) is 2. The topological polar surface area (TPSA) is 125 Å². The van der Waals surface area contributed by atoms with E-state index in [-0.39, 0.29) is 11.7 Å². The zero-order valence-corrected chi connectivity index (χ0v) is 15.9. The van der Waals surface area contributed by atoms with Gasteiger partial charge in [0.05, 0.1) is 30.2 Å². The van der Waals surface area contributed by atoms with Crippen LogP contribution in [0.4, 0.5) is 21.6 Å². The molecule has 8 nitrogen and oxygen atoms in total. The van der Waals surface area contributed by atoms with Crippen LogP contribution in [0, 0.1) is 5.82 Å². The zero-order chi connectivity index (χ0) is 21.1. The summed E-state index contributed by atoms with van der Waals surface area (Å²) in [6.07, 6.45) is 0.0548. The second kappa shape index (κ2) is 8.36. The van der Waals surface area contributed by atoms with E-state index in [9.17, 15) is 9.18 Å². The van der Waals surface area contributed by atoms with Crippen LogP contribution in [-0.2, 0) is 4.74 Å². The Morgan fingerprint density at radius 1 is 1.13 bits per heavy atom. The van der Waals surface area contributed by atoms with Gasteiger partial charge < -0.3 is 25.9 Å². The van der Waals surface area contributed by atoms with Crippen molar-refractivity contribution in [2.75, 3.05) is 29.7 Å². The lowest BCUT2D eigenvalue weighted by Crippen LogP contribution is -2.38. The number of benzene rings is 2. The van der Waals surface area contributed by atoms with E-state index in [0.29, 0.717) is 47.4 Å². The first-order valence-electron chi connectivity index (χ1n) is 9.22. The molecule has 0 aliphatic carbocycles. The number of carbonyl (C=O) groups excluding carboxylic acids is 1. The van der Waals surface area contributed by atoms with Crippen molar-refractivity contribution < 1.29 is 18.7 Å². The Balaban J connectivity index is 1.51. The minimum atomic E-state index is -0.645. The van der Waals surface area contributed by atoms with Crippen molar-refractivity contribution in [3.05, 3.63) is 66.0 Å². The van der Waals surface area contributed by atoms with Crippen molar-refractivity contribution in [3.63, 3.8) is 0 Å². The van der Waals surface area contributed by atoms with Gasteiger partial charge in [0.1, 0.15) is 17.7 Å². The van der Waals surface area contributed by atoms with Crippen LogP contribution in [0.5, 0.6) is 5.75 Å². The molecule has 0 atom stereocenters. The molecule has 9 heteroatoms. The highest BCUT2D eigenvalue weighted by molar-refractivity contribution is 6.05. The number of hydrogen-bond donors (Lipinski definition) is 4. The highest BCUT2D eigenvalue weighted by Gasteiger charge is 2.20. The molecule has 0 saturated carbocycles. The fourth-order valence-electron chi connectivity index (χ4n) is 2.89. The standard InChI is InChI=1S/C21H20FN5O3/c22-17-6-1-12(19-8-7-18(23)20(26-19)27-24)9-16(17)21(28)25-13-2-4-14(5-3-13)30-15-10-29-11-15/h1-9,15H,10-11,23-24H2,(H,25,28)(H,26,27). The highest BCUT2D eigenvalue weighted by atomic mass is 19.1. The summed E-state index contributed by atoms with van der Waals surface area (Å²) in [7, 11) is 0. The van der Waals surface area contributed by atoms with Gasteiger partial charge in [-0.3, -0.25) is 4.79 Å². The third-order valence-corrected chi connectivity index (χ3v) is 4.59. The molecule has 0 spiro atoms. The molecule has 2 aromatic carbocycles. The van der Waals surface area contributed by atoms with Gasteiger partial charge in [0.25, 0.3) is 5.91 Å². The summed E-state index contributed by atoms with van der Waals surface area (Å²) >= 11 is 0. The first-order valence-corrected chi connectivity index (χ1v) is 9.22. The summed E-state index contributed by atoms with van der Waals surface area (Å²) < 4.78 is 25.1. The van der Waals surface area contributed by atoms with E-state index in [1.54, 1.807) is 36.4 Å². The molecule has 0 radical (unpaired) electrons. The largest absolute Gasteiger partial charge is 0.486 e. The number of pyridine rings is 1. The Morgan fingerprint density at radius 3 is 2.57 bits per heavy atom. The SMILES string of the molecule is NNc1nc(-c2ccc(F)c(C(=O)Nc3ccc(OC4COC4)cc3)c2)ccc1N. The molecule has 1 aromatic heterocycles. The first-order chi connectivity index (χ1) is 14.5. The van der Waals surface area contributed by atoms with Crippen molar-refractivity contribution >= 4 is 23.1 Å². The van der Waals surface area contributed by atoms with Crippen LogP contribution < -0.4 is 27.1 Å². The molecular formula is C21H20FN5O3. The van der Waals surface area contributed by atoms with E-state index in [0.717, 1.165) is 0 Å². The lowest BCUT2D eigenvalue weighted by atomic mass is 10.1. The molecular weight excluding hydrogens is 389 g/mol. The Morgan fingerprint density at radius 2 is 1.90 bits per heavy atom. The van der Waals surface area contributed by atoms with Gasteiger partial charge in [-0.25, -0.2) is 15.2 Å². The van der Waals surface area contributed by atoms with Gasteiger partial charge in [0, 0.05) is 11.3 Å². The van der Waals surface area contributed by atoms with Gasteiger partial charge in [-0.05, 0) is 54.6 Å². The van der Waals surface area contributed by atoms with Crippen molar-refractivity contribution in [1.82, 2.24) is 4.98 Å². The third-order valence-electron chi connectivity index (χ3n) is 4.59. The maximum absolute atomic E-state index is 14.3. The number of nitrogens with one attached hydrogen (secondary N) is 2. The molecule has 1 fully saturated rings. The fourth-order valence-corrected chi connectivity index (χ4v) is 2.89. The van der Waals surface area contributed by atoms with Crippen molar-refractivity contribution in [2.24, 2.45) is 5.84 Å². The maximum Gasteiger partial charge on any atom is 0.258 e. The summed E-state index contributed by atoms with van der Waals surface area (Å²) in [6, 6.07) is 14.3. The normalized spacial score (nSPS) is 13.4. The number of amides is 1. The number of ether oxygens (including phenoxy) is 2. The van der Waals surface area contributed by atoms with Crippen LogP contribution in [0.3, 0.4) is 0 Å². The summed E-state index contributed by atoms with van der Waals surface area (Å²) in [5, 5.41) is 2.69. The number of rotatable bonds is 6. The molecule has 0 bridgehead atoms. The van der Waals surface area contributed by atoms with Crippen LogP contribution in [0.1, 0.15) is 10.4 Å². The van der Waals surface area contributed by atoms with Crippen molar-refractivity contribution in [2.45, 2.75) is 6.10 Å². The summed E-state index contributed by atoms with van der Waals surface area (Å²) in [5.74, 6) is 5.14. The number of aromatic nitrogens is 1. The van der Waals surface area contributed by atoms with Gasteiger partial charge in [0.15, 0.2) is 5.82 Å². The molecule has 30 heavy (non-hydrogen) atoms. The molecule has 2 heterocycles. The van der Waals surface area contributed by atoms with Crippen LogP contribution in [-0.4, -0.2) is 30.2 Å². The minimum absolute atomic E-state index is 0.0548. The number of nitrogen functional groups attached to an aromatic ring is 2. The summed E-state index contributed by atoms with van der Waals surface area (Å²) in [4.78, 5) is 16.9. The summed E-state index contributed by atoms with van der Waals surface area (Å²) in [6.45, 7) is 1.14. The predicted molar refractivity (Wildman–Crippen MR) is 111 cm³/mol. The summed E-state index contributed by atoms with van der Waals surface area (Å²) in [5.41, 5.74) is 9.99. The molecule has 1 aliphatic heterocycles. The lowest BCUT2D eigenvalue weighted by Gasteiger charge is -2.26. The molecule has 3 aromatic rings. The van der Waals surface area contributed by atoms with E-state index in [1.165, 1.54) is 18.2 Å². The third kappa shape index (κ3) is 4.17. The van der Waals surface area contributed by atoms with E-state index in [4.69, 9.17) is 21.1 Å². The van der Waals surface area contributed by atoms with Gasteiger partial charge in [0.2, 0.25) is 0 Å². The molecule has 0 unspecified atom stereocenters. The zero-order valence-electron chi connectivity index (χ0n) is 15.9. The molecule has 154 valence electrons. The average molecular weight is 409 g/mol. The van der Waals surface area contributed by atoms with Crippen LogP contribution in [0.2, 0.25) is 0 Å². The number of halogens is 1. The quantitative estimate of drug-likeness (QED) is 0.364. The highest BCUT2D eigenvalue weighted by Crippen LogP contribution is 2.25. The Labute approximate surface area is 172 Å². The first kappa shape index (κ1) is 19.6. The van der Waals surface area contributed by atoms with E-state index in [2.05, 4.69) is 15.7 Å². The molecule has 1 aliphatic rings. The number of nitrogens with zero attached hydrogens (tertiary/aromatic N) is 1. The number of hydrazine groups is 1. The number of anilines is 3. The van der Waals surface area contributed by atoms with Crippen LogP contribution in [0.25, 0.3) is 11.3 Å². The number of hydrogen-bond acceptors (Lipinski definition) is 7. The minimum Gasteiger partial charge on any atom is -0.486 e. The smallest absolute Gasteiger partial charge is 0.258 e. The van der Waals surface area contributed by atoms with Gasteiger partial charge >= 0.3 is 0 Å². The Hall–Kier alpha value is -3.69. The van der Waals surface area contributed by atoms with Crippen molar-refractivity contribution in [3.8, 4) is 17.0 Å². The average Bonchev–Trinajstić information content (AvgIpc) is 2.72. The van der Waals surface area contributed by atoms with Crippen LogP contribution >= 0.6 is 0 Å². The maximum atomic E-state index is 14.3. The Kier molecular flexibility index (Phi) is 5.46. The van der Waals surface area contributed by atoms with E-state index < -0.39 is 11.7 Å². The number of carbonyl (C=O) groups is 1. The van der Waals surface area contributed by atoms with Gasteiger partial charge in [-0.1, -0.05) is 0 Å². The Bertz CT molecular complexity index is 1070. The predicted octanol–water partition coefficient (Wildman–Crippen LogP) is 2.79. The molecule has 4 rings (SSSR count). The van der Waals surface area contributed by atoms with E-state index >= 15 is 0 Å². The lowest BCUT2D eigenvalue weighted by molar-refractivity contribution is -0.0796. The fraction of sp³-hybridized carbons (Fsp3) is 0.143. The molecule has 1 saturated heterocycles. The second-order valence-corrected chi connectivity index (χ2v) is 6.73. The van der Waals surface area contributed by atoms with Crippen LogP contribution in [0.15, 0.2) is 54.6 Å². The van der Waals surface area contributed by atoms with E-state index in [1.807, 2.05) is 0 Å². The molecule has 1 amide bonds. The van der Waals surface area contributed by atoms with Gasteiger partial charge in [-0.15, -0.1) is 0 Å². The van der Waals surface area contributed by atoms with Gasteiger partial charge in [-0.2, -0.15) is 0 Å².